The molecule has 1 N–H and O–H groups in total. The van der Waals surface area contributed by atoms with Gasteiger partial charge in [-0.25, -0.2) is 9.48 Å². The molecule has 0 fully saturated rings. The van der Waals surface area contributed by atoms with Gasteiger partial charge in [0.15, 0.2) is 0 Å². The van der Waals surface area contributed by atoms with Crippen molar-refractivity contribution >= 4 is 5.97 Å². The van der Waals surface area contributed by atoms with Crippen LogP contribution in [0.5, 0.6) is 0 Å². The van der Waals surface area contributed by atoms with E-state index in [1.165, 1.54) is 0 Å². The summed E-state index contributed by atoms with van der Waals surface area (Å²) >= 11 is 0. The van der Waals surface area contributed by atoms with Crippen LogP contribution in [-0.2, 0) is 0 Å². The Bertz CT molecular complexity index is 529. The number of hydrogen-bond acceptors (Lipinski definition) is 3. The van der Waals surface area contributed by atoms with Gasteiger partial charge in [-0.15, -0.1) is 5.10 Å². The van der Waals surface area contributed by atoms with E-state index in [4.69, 9.17) is 5.11 Å². The van der Waals surface area contributed by atoms with E-state index in [-0.39, 0.29) is 5.56 Å². The van der Waals surface area contributed by atoms with Crippen molar-refractivity contribution in [3.05, 3.63) is 41.7 Å². The van der Waals surface area contributed by atoms with Crippen LogP contribution in [0.25, 0.3) is 5.69 Å². The van der Waals surface area contributed by atoms with Gasteiger partial charge in [-0.1, -0.05) is 19.1 Å². The molecular formula is C12H13N3O2. The third-order valence-corrected chi connectivity index (χ3v) is 2.53. The first kappa shape index (κ1) is 11.3. The summed E-state index contributed by atoms with van der Waals surface area (Å²) in [5, 5.41) is 16.7. The first-order valence-electron chi connectivity index (χ1n) is 5.34. The zero-order valence-corrected chi connectivity index (χ0v) is 9.66. The molecular weight excluding hydrogens is 218 g/mol. The first-order chi connectivity index (χ1) is 8.09. The van der Waals surface area contributed by atoms with E-state index < -0.39 is 5.97 Å². The van der Waals surface area contributed by atoms with Crippen molar-refractivity contribution in [3.63, 3.8) is 0 Å². The van der Waals surface area contributed by atoms with Crippen LogP contribution in [0, 0.1) is 0 Å². The van der Waals surface area contributed by atoms with Gasteiger partial charge in [0.05, 0.1) is 23.1 Å². The number of nitrogens with zero attached hydrogens (tertiary/aromatic N) is 3. The second-order valence-electron chi connectivity index (χ2n) is 4.08. The summed E-state index contributed by atoms with van der Waals surface area (Å²) in [5.41, 5.74) is 2.07. The van der Waals surface area contributed by atoms with Gasteiger partial charge in [-0.3, -0.25) is 0 Å². The van der Waals surface area contributed by atoms with Crippen molar-refractivity contribution in [2.24, 2.45) is 0 Å². The Labute approximate surface area is 98.7 Å². The molecule has 0 spiro atoms. The second kappa shape index (κ2) is 4.37. The minimum Gasteiger partial charge on any atom is -0.478 e. The number of hydrogen-bond donors (Lipinski definition) is 1. The molecule has 0 saturated heterocycles. The monoisotopic (exact) mass is 231 g/mol. The number of aromatic carboxylic acids is 1. The van der Waals surface area contributed by atoms with E-state index in [1.54, 1.807) is 35.1 Å². The van der Waals surface area contributed by atoms with Gasteiger partial charge in [0.2, 0.25) is 0 Å². The molecule has 1 heterocycles. The molecule has 0 atom stereocenters. The van der Waals surface area contributed by atoms with Crippen LogP contribution in [0.4, 0.5) is 0 Å². The number of carboxylic acid groups (broad SMARTS) is 1. The maximum absolute atomic E-state index is 10.7. The fourth-order valence-electron chi connectivity index (χ4n) is 1.58. The lowest BCUT2D eigenvalue weighted by molar-refractivity contribution is 0.0697. The Kier molecular flexibility index (Phi) is 2.91. The molecule has 0 amide bonds. The van der Waals surface area contributed by atoms with E-state index in [2.05, 4.69) is 24.2 Å². The SMILES string of the molecule is CC(C)c1cnnn1-c1ccc(C(=O)O)cc1. The Morgan fingerprint density at radius 2 is 1.94 bits per heavy atom. The summed E-state index contributed by atoms with van der Waals surface area (Å²) in [6.07, 6.45) is 1.72. The lowest BCUT2D eigenvalue weighted by Crippen LogP contribution is -2.04. The van der Waals surface area contributed by atoms with Gasteiger partial charge in [0.25, 0.3) is 0 Å². The molecule has 1 aromatic heterocycles. The number of benzene rings is 1. The molecule has 0 aliphatic carbocycles. The number of carboxylic acids is 1. The lowest BCUT2D eigenvalue weighted by Gasteiger charge is -2.08. The highest BCUT2D eigenvalue weighted by Crippen LogP contribution is 2.17. The fourth-order valence-corrected chi connectivity index (χ4v) is 1.58. The minimum absolute atomic E-state index is 0.264. The standard InChI is InChI=1S/C12H13N3O2/c1-8(2)11-7-13-14-15(11)10-5-3-9(4-6-10)12(16)17/h3-8H,1-2H3,(H,16,17). The molecule has 0 unspecified atom stereocenters. The number of carbonyl (C=O) groups is 1. The van der Waals surface area contributed by atoms with E-state index in [0.29, 0.717) is 5.92 Å². The van der Waals surface area contributed by atoms with E-state index in [1.807, 2.05) is 0 Å². The molecule has 0 saturated carbocycles. The van der Waals surface area contributed by atoms with E-state index in [0.717, 1.165) is 11.4 Å². The average molecular weight is 231 g/mol. The van der Waals surface area contributed by atoms with Gasteiger partial charge in [0.1, 0.15) is 0 Å². The third-order valence-electron chi connectivity index (χ3n) is 2.53. The number of aromatic nitrogens is 3. The Hall–Kier alpha value is -2.17. The predicted molar refractivity (Wildman–Crippen MR) is 62.4 cm³/mol. The van der Waals surface area contributed by atoms with E-state index >= 15 is 0 Å². The van der Waals surface area contributed by atoms with Crippen molar-refractivity contribution in [1.82, 2.24) is 15.0 Å². The van der Waals surface area contributed by atoms with Gasteiger partial charge >= 0.3 is 5.97 Å². The zero-order chi connectivity index (χ0) is 12.4. The second-order valence-corrected chi connectivity index (χ2v) is 4.08. The van der Waals surface area contributed by atoms with Crippen molar-refractivity contribution in [2.45, 2.75) is 19.8 Å². The minimum atomic E-state index is -0.931. The lowest BCUT2D eigenvalue weighted by atomic mass is 10.1. The third kappa shape index (κ3) is 2.18. The molecule has 0 aliphatic rings. The van der Waals surface area contributed by atoms with Crippen molar-refractivity contribution in [3.8, 4) is 5.69 Å². The first-order valence-corrected chi connectivity index (χ1v) is 5.34. The maximum Gasteiger partial charge on any atom is 0.335 e. The Morgan fingerprint density at radius 1 is 1.29 bits per heavy atom. The Morgan fingerprint density at radius 3 is 2.47 bits per heavy atom. The highest BCUT2D eigenvalue weighted by molar-refractivity contribution is 5.87. The largest absolute Gasteiger partial charge is 0.478 e. The molecule has 0 bridgehead atoms. The highest BCUT2D eigenvalue weighted by atomic mass is 16.4. The van der Waals surface area contributed by atoms with Crippen LogP contribution >= 0.6 is 0 Å². The smallest absolute Gasteiger partial charge is 0.335 e. The van der Waals surface area contributed by atoms with Crippen molar-refractivity contribution in [1.29, 1.82) is 0 Å². The van der Waals surface area contributed by atoms with Gasteiger partial charge in [0, 0.05) is 0 Å². The molecule has 17 heavy (non-hydrogen) atoms. The topological polar surface area (TPSA) is 68.0 Å². The molecule has 5 heteroatoms. The molecule has 88 valence electrons. The normalized spacial score (nSPS) is 10.8. The zero-order valence-electron chi connectivity index (χ0n) is 9.66. The molecule has 1 aromatic carbocycles. The molecule has 0 radical (unpaired) electrons. The van der Waals surface area contributed by atoms with Crippen LogP contribution in [0.1, 0.15) is 35.8 Å². The quantitative estimate of drug-likeness (QED) is 0.878. The average Bonchev–Trinajstić information content (AvgIpc) is 2.78. The van der Waals surface area contributed by atoms with Gasteiger partial charge < -0.3 is 5.11 Å². The molecule has 0 aliphatic heterocycles. The molecule has 2 aromatic rings. The Balaban J connectivity index is 2.40. The maximum atomic E-state index is 10.7. The van der Waals surface area contributed by atoms with Crippen LogP contribution in [-0.4, -0.2) is 26.1 Å². The fraction of sp³-hybridized carbons (Fsp3) is 0.250. The van der Waals surface area contributed by atoms with Gasteiger partial charge in [-0.2, -0.15) is 0 Å². The van der Waals surface area contributed by atoms with Crippen molar-refractivity contribution < 1.29 is 9.90 Å². The van der Waals surface area contributed by atoms with Crippen LogP contribution in [0.15, 0.2) is 30.5 Å². The van der Waals surface area contributed by atoms with Crippen molar-refractivity contribution in [2.75, 3.05) is 0 Å². The number of rotatable bonds is 3. The molecule has 5 nitrogen and oxygen atoms in total. The van der Waals surface area contributed by atoms with Crippen LogP contribution in [0.3, 0.4) is 0 Å². The summed E-state index contributed by atoms with van der Waals surface area (Å²) in [5.74, 6) is -0.622. The summed E-state index contributed by atoms with van der Waals surface area (Å²) in [4.78, 5) is 10.7. The summed E-state index contributed by atoms with van der Waals surface area (Å²) < 4.78 is 1.72. The van der Waals surface area contributed by atoms with Crippen LogP contribution in [0.2, 0.25) is 0 Å². The summed E-state index contributed by atoms with van der Waals surface area (Å²) in [6, 6.07) is 6.57. The van der Waals surface area contributed by atoms with E-state index in [9.17, 15) is 4.79 Å². The van der Waals surface area contributed by atoms with Crippen LogP contribution < -0.4 is 0 Å². The van der Waals surface area contributed by atoms with Gasteiger partial charge in [-0.05, 0) is 30.2 Å². The predicted octanol–water partition coefficient (Wildman–Crippen LogP) is 2.09. The summed E-state index contributed by atoms with van der Waals surface area (Å²) in [6.45, 7) is 4.11. The highest BCUT2D eigenvalue weighted by Gasteiger charge is 2.10. The summed E-state index contributed by atoms with van der Waals surface area (Å²) in [7, 11) is 0. The molecule has 2 rings (SSSR count).